The second-order valence-corrected chi connectivity index (χ2v) is 6.93. The summed E-state index contributed by atoms with van der Waals surface area (Å²) in [4.78, 5) is 12.9. The number of aromatic nitrogens is 3. The van der Waals surface area contributed by atoms with Gasteiger partial charge in [-0.2, -0.15) is 4.68 Å². The van der Waals surface area contributed by atoms with Crippen molar-refractivity contribution in [3.05, 3.63) is 34.1 Å². The Labute approximate surface area is 152 Å². The maximum atomic E-state index is 11.9. The number of benzene rings is 1. The number of carbonyl (C=O) groups excluding carboxylic acids is 1. The standard InChI is InChI=1S/C16H22ClN5OS/c1-11(2)18-14(23)9-20(3)10-22-16(24)21(4)15(19-22)12-7-5-6-8-13(12)17/h5-8,11H,9-10H2,1-4H3,(H,18,23)/p+1. The van der Waals surface area contributed by atoms with E-state index in [1.165, 1.54) is 0 Å². The molecule has 0 radical (unpaired) electrons. The van der Waals surface area contributed by atoms with Crippen LogP contribution in [0.1, 0.15) is 13.8 Å². The summed E-state index contributed by atoms with van der Waals surface area (Å²) in [5.74, 6) is 0.723. The van der Waals surface area contributed by atoms with Crippen LogP contribution in [-0.2, 0) is 18.5 Å². The van der Waals surface area contributed by atoms with Crippen LogP contribution in [-0.4, -0.2) is 39.9 Å². The van der Waals surface area contributed by atoms with Crippen molar-refractivity contribution < 1.29 is 9.69 Å². The van der Waals surface area contributed by atoms with Gasteiger partial charge >= 0.3 is 0 Å². The van der Waals surface area contributed by atoms with E-state index in [-0.39, 0.29) is 11.9 Å². The van der Waals surface area contributed by atoms with Crippen molar-refractivity contribution in [3.63, 3.8) is 0 Å². The van der Waals surface area contributed by atoms with Crippen molar-refractivity contribution in [2.24, 2.45) is 7.05 Å². The molecule has 1 atom stereocenters. The van der Waals surface area contributed by atoms with Gasteiger partial charge in [0.05, 0.1) is 12.1 Å². The van der Waals surface area contributed by atoms with E-state index in [9.17, 15) is 4.79 Å². The Morgan fingerprint density at radius 2 is 2.08 bits per heavy atom. The Morgan fingerprint density at radius 1 is 1.42 bits per heavy atom. The van der Waals surface area contributed by atoms with Gasteiger partial charge in [-0.3, -0.25) is 4.79 Å². The lowest BCUT2D eigenvalue weighted by Gasteiger charge is -2.14. The molecule has 2 rings (SSSR count). The molecular formula is C16H23ClN5OS+. The first-order chi connectivity index (χ1) is 11.3. The molecule has 2 aromatic rings. The van der Waals surface area contributed by atoms with E-state index in [4.69, 9.17) is 23.8 Å². The summed E-state index contributed by atoms with van der Waals surface area (Å²) < 4.78 is 4.15. The first-order valence-corrected chi connectivity index (χ1v) is 8.57. The summed E-state index contributed by atoms with van der Waals surface area (Å²) >= 11 is 11.7. The Hall–Kier alpha value is -1.70. The zero-order valence-corrected chi connectivity index (χ0v) is 15.9. The van der Waals surface area contributed by atoms with Crippen LogP contribution in [0.25, 0.3) is 11.4 Å². The number of likely N-dealkylation sites (N-methyl/N-ethyl adjacent to an activating group) is 1. The SMILES string of the molecule is CC(C)NC(=O)C[NH+](C)Cn1nc(-c2ccccc2Cl)n(C)c1=S. The fraction of sp³-hybridized carbons (Fsp3) is 0.438. The van der Waals surface area contributed by atoms with Crippen molar-refractivity contribution in [2.45, 2.75) is 26.6 Å². The molecule has 0 saturated heterocycles. The number of halogens is 1. The van der Waals surface area contributed by atoms with Gasteiger partial charge in [-0.05, 0) is 38.2 Å². The van der Waals surface area contributed by atoms with Gasteiger partial charge in [0.15, 0.2) is 19.0 Å². The van der Waals surface area contributed by atoms with E-state index in [0.29, 0.717) is 28.8 Å². The van der Waals surface area contributed by atoms with E-state index < -0.39 is 0 Å². The van der Waals surface area contributed by atoms with Crippen molar-refractivity contribution in [2.75, 3.05) is 13.6 Å². The number of hydrogen-bond acceptors (Lipinski definition) is 3. The van der Waals surface area contributed by atoms with Gasteiger partial charge in [0.2, 0.25) is 4.77 Å². The minimum atomic E-state index is 0.0104. The van der Waals surface area contributed by atoms with Gasteiger partial charge in [-0.25, -0.2) is 0 Å². The quantitative estimate of drug-likeness (QED) is 0.755. The van der Waals surface area contributed by atoms with Gasteiger partial charge < -0.3 is 14.8 Å². The van der Waals surface area contributed by atoms with Gasteiger partial charge in [-0.15, -0.1) is 5.10 Å². The third-order valence-electron chi connectivity index (χ3n) is 3.49. The summed E-state index contributed by atoms with van der Waals surface area (Å²) in [5, 5.41) is 8.10. The number of quaternary nitrogens is 1. The molecular weight excluding hydrogens is 346 g/mol. The van der Waals surface area contributed by atoms with Gasteiger partial charge in [-0.1, -0.05) is 23.7 Å². The summed E-state index contributed by atoms with van der Waals surface area (Å²) in [6.07, 6.45) is 0. The normalized spacial score (nSPS) is 12.4. The Kier molecular flexibility index (Phi) is 6.15. The fourth-order valence-corrected chi connectivity index (χ4v) is 2.84. The zero-order chi connectivity index (χ0) is 17.9. The molecule has 24 heavy (non-hydrogen) atoms. The molecule has 0 aliphatic carbocycles. The number of amides is 1. The highest BCUT2D eigenvalue weighted by Gasteiger charge is 2.16. The molecule has 0 aliphatic rings. The molecule has 0 spiro atoms. The lowest BCUT2D eigenvalue weighted by atomic mass is 10.2. The Balaban J connectivity index is 2.18. The smallest absolute Gasteiger partial charge is 0.275 e. The predicted octanol–water partition coefficient (Wildman–Crippen LogP) is 1.27. The van der Waals surface area contributed by atoms with Crippen LogP contribution in [0, 0.1) is 4.77 Å². The molecule has 6 nitrogen and oxygen atoms in total. The predicted molar refractivity (Wildman–Crippen MR) is 97.5 cm³/mol. The topological polar surface area (TPSA) is 56.3 Å². The molecule has 8 heteroatoms. The minimum absolute atomic E-state index is 0.0104. The largest absolute Gasteiger partial charge is 0.349 e. The number of carbonyl (C=O) groups is 1. The highest BCUT2D eigenvalue weighted by atomic mass is 35.5. The van der Waals surface area contributed by atoms with E-state index in [1.807, 2.05) is 56.8 Å². The van der Waals surface area contributed by atoms with E-state index in [0.717, 1.165) is 10.5 Å². The van der Waals surface area contributed by atoms with E-state index in [2.05, 4.69) is 10.4 Å². The molecule has 0 bridgehead atoms. The molecule has 1 aromatic heterocycles. The van der Waals surface area contributed by atoms with Crippen LogP contribution in [0.15, 0.2) is 24.3 Å². The zero-order valence-electron chi connectivity index (χ0n) is 14.3. The van der Waals surface area contributed by atoms with E-state index in [1.54, 1.807) is 4.68 Å². The molecule has 0 aliphatic heterocycles. The fourth-order valence-electron chi connectivity index (χ4n) is 2.43. The molecule has 1 heterocycles. The van der Waals surface area contributed by atoms with Crippen molar-refractivity contribution in [1.82, 2.24) is 19.7 Å². The number of rotatable bonds is 6. The molecule has 1 aromatic carbocycles. The summed E-state index contributed by atoms with van der Waals surface area (Å²) in [6, 6.07) is 7.66. The monoisotopic (exact) mass is 368 g/mol. The summed E-state index contributed by atoms with van der Waals surface area (Å²) in [5.41, 5.74) is 0.835. The van der Waals surface area contributed by atoms with Crippen LogP contribution >= 0.6 is 23.8 Å². The third-order valence-corrected chi connectivity index (χ3v) is 4.30. The van der Waals surface area contributed by atoms with Crippen molar-refractivity contribution in [3.8, 4) is 11.4 Å². The maximum absolute atomic E-state index is 11.9. The van der Waals surface area contributed by atoms with Crippen LogP contribution in [0.3, 0.4) is 0 Å². The highest BCUT2D eigenvalue weighted by molar-refractivity contribution is 7.71. The first kappa shape index (κ1) is 18.6. The lowest BCUT2D eigenvalue weighted by molar-refractivity contribution is -0.895. The summed E-state index contributed by atoms with van der Waals surface area (Å²) in [6.45, 7) is 4.75. The molecule has 1 unspecified atom stereocenters. The van der Waals surface area contributed by atoms with Crippen LogP contribution in [0.2, 0.25) is 5.02 Å². The van der Waals surface area contributed by atoms with Crippen LogP contribution in [0.5, 0.6) is 0 Å². The third kappa shape index (κ3) is 4.43. The summed E-state index contributed by atoms with van der Waals surface area (Å²) in [7, 11) is 3.80. The number of nitrogens with zero attached hydrogens (tertiary/aromatic N) is 3. The molecule has 2 N–H and O–H groups in total. The molecule has 1 amide bonds. The lowest BCUT2D eigenvalue weighted by Crippen LogP contribution is -3.09. The van der Waals surface area contributed by atoms with Gasteiger partial charge in [0.1, 0.15) is 0 Å². The van der Waals surface area contributed by atoms with Crippen LogP contribution in [0.4, 0.5) is 0 Å². The Morgan fingerprint density at radius 3 is 2.71 bits per heavy atom. The minimum Gasteiger partial charge on any atom is -0.349 e. The van der Waals surface area contributed by atoms with Gasteiger partial charge in [0, 0.05) is 18.7 Å². The second-order valence-electron chi connectivity index (χ2n) is 6.16. The molecule has 0 fully saturated rings. The average molecular weight is 369 g/mol. The van der Waals surface area contributed by atoms with Crippen molar-refractivity contribution >= 4 is 29.7 Å². The van der Waals surface area contributed by atoms with Gasteiger partial charge in [0.25, 0.3) is 5.91 Å². The highest BCUT2D eigenvalue weighted by Crippen LogP contribution is 2.25. The van der Waals surface area contributed by atoms with Crippen molar-refractivity contribution in [1.29, 1.82) is 0 Å². The molecule has 0 saturated carbocycles. The molecule has 130 valence electrons. The number of hydrogen-bond donors (Lipinski definition) is 2. The van der Waals surface area contributed by atoms with E-state index >= 15 is 0 Å². The maximum Gasteiger partial charge on any atom is 0.275 e. The second kappa shape index (κ2) is 7.92. The Bertz CT molecular complexity index is 783. The first-order valence-electron chi connectivity index (χ1n) is 7.79. The number of nitrogens with one attached hydrogen (secondary N) is 2. The van der Waals surface area contributed by atoms with Crippen LogP contribution < -0.4 is 10.2 Å². The average Bonchev–Trinajstić information content (AvgIpc) is 2.75.